The molecule has 0 radical (unpaired) electrons. The Hall–Kier alpha value is -4.21. The van der Waals surface area contributed by atoms with Crippen molar-refractivity contribution < 1.29 is 23.2 Å². The van der Waals surface area contributed by atoms with Gasteiger partial charge in [0.25, 0.3) is 11.2 Å². The van der Waals surface area contributed by atoms with Crippen LogP contribution >= 0.6 is 11.6 Å². The molecule has 0 bridgehead atoms. The monoisotopic (exact) mass is 593 g/mol. The number of sulfone groups is 1. The number of anilines is 1. The van der Waals surface area contributed by atoms with Crippen LogP contribution in [0.4, 0.5) is 11.4 Å². The van der Waals surface area contributed by atoms with Gasteiger partial charge in [-0.2, -0.15) is 0 Å². The summed E-state index contributed by atoms with van der Waals surface area (Å²) in [6.07, 6.45) is 0.329. The van der Waals surface area contributed by atoms with Crippen molar-refractivity contribution >= 4 is 32.8 Å². The van der Waals surface area contributed by atoms with Crippen LogP contribution in [0, 0.1) is 17.0 Å². The Morgan fingerprint density at radius 2 is 2.00 bits per heavy atom. The Bertz CT molecular complexity index is 1680. The molecule has 17 heteroatoms. The summed E-state index contributed by atoms with van der Waals surface area (Å²) < 4.78 is 32.1. The van der Waals surface area contributed by atoms with E-state index >= 15 is 0 Å². The number of aryl methyl sites for hydroxylation is 1. The molecule has 1 aromatic heterocycles. The van der Waals surface area contributed by atoms with E-state index in [4.69, 9.17) is 27.0 Å². The zero-order valence-electron chi connectivity index (χ0n) is 21.1. The smallest absolute Gasteiger partial charge is 0.330 e. The molecule has 3 atom stereocenters. The largest absolute Gasteiger partial charge is 0.394 e. The number of ether oxygens (including phenoxy) is 1. The van der Waals surface area contributed by atoms with Crippen molar-refractivity contribution in [3.8, 4) is 0 Å². The molecule has 3 aromatic rings. The zero-order chi connectivity index (χ0) is 29.6. The van der Waals surface area contributed by atoms with Crippen LogP contribution in [-0.4, -0.2) is 53.8 Å². The second kappa shape index (κ2) is 12.8. The number of hydrogen-bond donors (Lipinski definition) is 3. The maximum absolute atomic E-state index is 12.7. The lowest BCUT2D eigenvalue weighted by Gasteiger charge is -2.14. The molecule has 2 aromatic carbocycles. The van der Waals surface area contributed by atoms with E-state index in [1.807, 2.05) is 0 Å². The molecular weight excluding hydrogens is 570 g/mol. The van der Waals surface area contributed by atoms with Gasteiger partial charge in [-0.3, -0.25) is 24.5 Å². The third-order valence-corrected chi connectivity index (χ3v) is 7.97. The molecule has 40 heavy (non-hydrogen) atoms. The number of H-pyrrole nitrogens is 1. The van der Waals surface area contributed by atoms with Crippen molar-refractivity contribution in [2.24, 2.45) is 5.11 Å². The van der Waals surface area contributed by atoms with E-state index in [1.165, 1.54) is 47.2 Å². The van der Waals surface area contributed by atoms with Crippen LogP contribution in [0.1, 0.15) is 18.2 Å². The first-order valence-electron chi connectivity index (χ1n) is 11.5. The molecule has 0 amide bonds. The summed E-state index contributed by atoms with van der Waals surface area (Å²) in [6.45, 7) is 1.26. The minimum atomic E-state index is -4.07. The predicted molar refractivity (Wildman–Crippen MR) is 144 cm³/mol. The molecule has 3 N–H and O–H groups in total. The number of aromatic amines is 1. The Morgan fingerprint density at radius 1 is 1.30 bits per heavy atom. The third-order valence-electron chi connectivity index (χ3n) is 5.89. The Balaban J connectivity index is 0.000000222. The number of aliphatic hydroxyl groups excluding tert-OH is 1. The van der Waals surface area contributed by atoms with Gasteiger partial charge in [0.2, 0.25) is 9.84 Å². The molecule has 4 rings (SSSR count). The summed E-state index contributed by atoms with van der Waals surface area (Å²) in [6, 6.07) is 8.95. The van der Waals surface area contributed by atoms with E-state index in [0.717, 1.165) is 6.07 Å². The lowest BCUT2D eigenvalue weighted by Crippen LogP contribution is -2.33. The zero-order valence-corrected chi connectivity index (χ0v) is 22.7. The van der Waals surface area contributed by atoms with E-state index in [2.05, 4.69) is 20.3 Å². The second-order valence-electron chi connectivity index (χ2n) is 8.42. The highest BCUT2D eigenvalue weighted by Gasteiger charge is 2.35. The van der Waals surface area contributed by atoms with Gasteiger partial charge in [0.15, 0.2) is 0 Å². The highest BCUT2D eigenvalue weighted by Crippen LogP contribution is 2.34. The van der Waals surface area contributed by atoms with E-state index in [9.17, 15) is 28.1 Å². The number of rotatable bonds is 7. The van der Waals surface area contributed by atoms with E-state index < -0.39 is 50.1 Å². The van der Waals surface area contributed by atoms with Gasteiger partial charge in [-0.15, -0.1) is 0 Å². The molecule has 2 heterocycles. The van der Waals surface area contributed by atoms with Crippen LogP contribution < -0.4 is 16.6 Å². The molecule has 0 aliphatic carbocycles. The molecule has 1 fully saturated rings. The Labute approximate surface area is 231 Å². The van der Waals surface area contributed by atoms with Gasteiger partial charge < -0.3 is 15.2 Å². The van der Waals surface area contributed by atoms with Gasteiger partial charge >= 0.3 is 5.69 Å². The second-order valence-corrected chi connectivity index (χ2v) is 10.7. The van der Waals surface area contributed by atoms with E-state index in [-0.39, 0.29) is 27.8 Å². The number of hydrogen-bond acceptors (Lipinski definition) is 10. The van der Waals surface area contributed by atoms with Crippen LogP contribution in [0.25, 0.3) is 10.4 Å². The van der Waals surface area contributed by atoms with Gasteiger partial charge in [-0.25, -0.2) is 13.2 Å². The number of nitro groups is 1. The summed E-state index contributed by atoms with van der Waals surface area (Å²) >= 11 is 5.84. The fraction of sp³-hybridized carbons (Fsp3) is 0.304. The number of halogens is 1. The molecule has 1 aliphatic rings. The number of aromatic nitrogens is 2. The van der Waals surface area contributed by atoms with Crippen molar-refractivity contribution in [2.45, 2.75) is 41.5 Å². The third kappa shape index (κ3) is 6.50. The summed E-state index contributed by atoms with van der Waals surface area (Å²) in [5, 5.41) is 26.7. The SMILES string of the molecule is CNc1ccc(Cl)cc1S(=O)(=O)c1ccccc1[N+](=O)[O-].Cc1cn([C@H]2C[C@H](N=[N+]=[N-])[C@@H](CO)O2)c(=O)[nH]c1=O. The van der Waals surface area contributed by atoms with Crippen molar-refractivity contribution in [1.29, 1.82) is 0 Å². The first-order chi connectivity index (χ1) is 18.9. The number of aliphatic hydroxyl groups is 1. The molecule has 15 nitrogen and oxygen atoms in total. The minimum absolute atomic E-state index is 0.105. The molecule has 212 valence electrons. The van der Waals surface area contributed by atoms with Crippen molar-refractivity contribution in [2.75, 3.05) is 19.0 Å². The summed E-state index contributed by atoms with van der Waals surface area (Å²) in [5.74, 6) is 0. The average Bonchev–Trinajstić information content (AvgIpc) is 3.33. The average molecular weight is 594 g/mol. The highest BCUT2D eigenvalue weighted by atomic mass is 35.5. The lowest BCUT2D eigenvalue weighted by atomic mass is 10.1. The number of azide groups is 1. The number of nitrogens with zero attached hydrogens (tertiary/aromatic N) is 5. The number of benzene rings is 2. The topological polar surface area (TPSA) is 222 Å². The van der Waals surface area contributed by atoms with Crippen LogP contribution in [0.15, 0.2) is 73.2 Å². The van der Waals surface area contributed by atoms with Gasteiger partial charge in [0, 0.05) is 41.2 Å². The maximum atomic E-state index is 12.7. The minimum Gasteiger partial charge on any atom is -0.394 e. The first-order valence-corrected chi connectivity index (χ1v) is 13.4. The molecular formula is C23H24ClN7O8S. The normalized spacial score (nSPS) is 18.2. The summed E-state index contributed by atoms with van der Waals surface area (Å²) in [4.78, 5) is 37.7. The Morgan fingerprint density at radius 3 is 2.62 bits per heavy atom. The lowest BCUT2D eigenvalue weighted by molar-refractivity contribution is -0.387. The van der Waals surface area contributed by atoms with Gasteiger partial charge in [-0.1, -0.05) is 28.8 Å². The molecule has 0 spiro atoms. The fourth-order valence-corrected chi connectivity index (χ4v) is 5.81. The van der Waals surface area contributed by atoms with Crippen LogP contribution in [0.2, 0.25) is 5.02 Å². The highest BCUT2D eigenvalue weighted by molar-refractivity contribution is 7.91. The van der Waals surface area contributed by atoms with E-state index in [1.54, 1.807) is 14.0 Å². The molecule has 1 aliphatic heterocycles. The van der Waals surface area contributed by atoms with E-state index in [0.29, 0.717) is 11.3 Å². The quantitative estimate of drug-likeness (QED) is 0.120. The molecule has 0 saturated carbocycles. The summed E-state index contributed by atoms with van der Waals surface area (Å²) in [5.41, 5.74) is 7.60. The van der Waals surface area contributed by atoms with Gasteiger partial charge in [-0.05, 0) is 36.7 Å². The number of para-hydroxylation sites is 1. The fourth-order valence-electron chi connectivity index (χ4n) is 3.92. The predicted octanol–water partition coefficient (Wildman–Crippen LogP) is 2.93. The van der Waals surface area contributed by atoms with Crippen molar-refractivity contribution in [3.63, 3.8) is 0 Å². The first kappa shape index (κ1) is 30.3. The van der Waals surface area contributed by atoms with Crippen molar-refractivity contribution in [1.82, 2.24) is 9.55 Å². The number of nitrogens with one attached hydrogen (secondary N) is 2. The number of nitro benzene ring substituents is 1. The molecule has 0 unspecified atom stereocenters. The molecule has 1 saturated heterocycles. The van der Waals surface area contributed by atoms with Gasteiger partial charge in [0.05, 0.1) is 34.3 Å². The standard InChI is InChI=1S/C13H11ClN2O4S.C10H13N5O4/c1-15-10-7-6-9(14)8-13(10)21(19,20)12-5-3-2-4-11(12)16(17)18;1-5-3-15(10(18)12-9(5)17)8-2-6(13-14-11)7(4-16)19-8/h2-8,15H,1H3;3,6-8,16H,2,4H2,1H3,(H,12,17,18)/t;6-,7+,8+/m.0/s1. The van der Waals surface area contributed by atoms with Crippen molar-refractivity contribution in [3.05, 3.63) is 101 Å². The Kier molecular flexibility index (Phi) is 9.68. The van der Waals surface area contributed by atoms with Crippen LogP contribution in [-0.2, 0) is 14.6 Å². The van der Waals surface area contributed by atoms with Crippen LogP contribution in [0.3, 0.4) is 0 Å². The van der Waals surface area contributed by atoms with Gasteiger partial charge in [0.1, 0.15) is 11.1 Å². The van der Waals surface area contributed by atoms with Crippen LogP contribution in [0.5, 0.6) is 0 Å². The maximum Gasteiger partial charge on any atom is 0.330 e. The summed E-state index contributed by atoms with van der Waals surface area (Å²) in [7, 11) is -2.51.